The Morgan fingerprint density at radius 1 is 1.53 bits per heavy atom. The Bertz CT molecular complexity index is 244. The van der Waals surface area contributed by atoms with Crippen molar-refractivity contribution in [2.24, 2.45) is 5.92 Å². The molecule has 4 heteroatoms. The van der Waals surface area contributed by atoms with Gasteiger partial charge in [-0.15, -0.1) is 0 Å². The quantitative estimate of drug-likeness (QED) is 0.742. The lowest BCUT2D eigenvalue weighted by Gasteiger charge is -2.32. The lowest BCUT2D eigenvalue weighted by Crippen LogP contribution is -2.47. The Morgan fingerprint density at radius 3 is 3.07 bits per heavy atom. The minimum atomic E-state index is -0.720. The third kappa shape index (κ3) is 2.16. The van der Waals surface area contributed by atoms with Gasteiger partial charge in [0.2, 0.25) is 0 Å². The molecule has 3 atom stereocenters. The summed E-state index contributed by atoms with van der Waals surface area (Å²) in [6, 6.07) is 0.0518. The fourth-order valence-electron chi connectivity index (χ4n) is 2.84. The van der Waals surface area contributed by atoms with Crippen LogP contribution < -0.4 is 0 Å². The van der Waals surface area contributed by atoms with Crippen LogP contribution in [0.5, 0.6) is 0 Å². The first-order valence-corrected chi connectivity index (χ1v) is 5.76. The Hall–Kier alpha value is -0.610. The molecule has 2 rings (SSSR count). The number of carbonyl (C=O) groups is 1. The van der Waals surface area contributed by atoms with Gasteiger partial charge < -0.3 is 9.84 Å². The fourth-order valence-corrected chi connectivity index (χ4v) is 2.84. The second-order valence-electron chi connectivity index (χ2n) is 4.59. The minimum Gasteiger partial charge on any atom is -0.480 e. The standard InChI is InChI=1S/C11H19NO3/c1-8(11(13)14)12-5-6-15-7-9-3-2-4-10(9)12/h8-10H,2-7H2,1H3,(H,13,14). The van der Waals surface area contributed by atoms with Crippen LogP contribution >= 0.6 is 0 Å². The normalized spacial score (nSPS) is 34.5. The smallest absolute Gasteiger partial charge is 0.320 e. The van der Waals surface area contributed by atoms with Gasteiger partial charge in [-0.2, -0.15) is 0 Å². The number of hydrogen-bond acceptors (Lipinski definition) is 3. The van der Waals surface area contributed by atoms with Crippen molar-refractivity contribution in [3.8, 4) is 0 Å². The van der Waals surface area contributed by atoms with Crippen molar-refractivity contribution in [3.05, 3.63) is 0 Å². The molecule has 0 radical (unpaired) electrons. The van der Waals surface area contributed by atoms with Crippen molar-refractivity contribution >= 4 is 5.97 Å². The van der Waals surface area contributed by atoms with E-state index in [4.69, 9.17) is 9.84 Å². The van der Waals surface area contributed by atoms with E-state index >= 15 is 0 Å². The summed E-state index contributed by atoms with van der Waals surface area (Å²) in [6.07, 6.45) is 3.53. The largest absolute Gasteiger partial charge is 0.480 e. The molecule has 0 amide bonds. The van der Waals surface area contributed by atoms with Gasteiger partial charge in [0.15, 0.2) is 0 Å². The highest BCUT2D eigenvalue weighted by Gasteiger charge is 2.37. The van der Waals surface area contributed by atoms with Crippen LogP contribution in [0.3, 0.4) is 0 Å². The molecule has 3 unspecified atom stereocenters. The first-order chi connectivity index (χ1) is 7.20. The maximum Gasteiger partial charge on any atom is 0.320 e. The van der Waals surface area contributed by atoms with Gasteiger partial charge in [-0.05, 0) is 25.7 Å². The molecule has 0 spiro atoms. The summed E-state index contributed by atoms with van der Waals surface area (Å²) in [5, 5.41) is 9.06. The van der Waals surface area contributed by atoms with E-state index in [0.717, 1.165) is 19.6 Å². The molecule has 4 nitrogen and oxygen atoms in total. The summed E-state index contributed by atoms with van der Waals surface area (Å²) in [5.41, 5.74) is 0. The SMILES string of the molecule is CC(C(=O)O)N1CCOCC2CCCC21. The van der Waals surface area contributed by atoms with Crippen molar-refractivity contribution < 1.29 is 14.6 Å². The monoisotopic (exact) mass is 213 g/mol. The zero-order valence-corrected chi connectivity index (χ0v) is 9.19. The van der Waals surface area contributed by atoms with Crippen LogP contribution in [0.2, 0.25) is 0 Å². The van der Waals surface area contributed by atoms with Crippen LogP contribution in [0.15, 0.2) is 0 Å². The molecule has 0 aromatic heterocycles. The molecule has 1 saturated carbocycles. The van der Waals surface area contributed by atoms with Gasteiger partial charge >= 0.3 is 5.97 Å². The molecule has 15 heavy (non-hydrogen) atoms. The highest BCUT2D eigenvalue weighted by atomic mass is 16.5. The zero-order valence-electron chi connectivity index (χ0n) is 9.19. The van der Waals surface area contributed by atoms with E-state index < -0.39 is 5.97 Å². The van der Waals surface area contributed by atoms with Gasteiger partial charge in [-0.1, -0.05) is 6.42 Å². The fraction of sp³-hybridized carbons (Fsp3) is 0.909. The summed E-state index contributed by atoms with van der Waals surface area (Å²) in [7, 11) is 0. The maximum absolute atomic E-state index is 11.0. The predicted molar refractivity (Wildman–Crippen MR) is 55.8 cm³/mol. The second-order valence-corrected chi connectivity index (χ2v) is 4.59. The Morgan fingerprint density at radius 2 is 2.33 bits per heavy atom. The van der Waals surface area contributed by atoms with Crippen LogP contribution in [0.25, 0.3) is 0 Å². The van der Waals surface area contributed by atoms with Gasteiger partial charge in [0.1, 0.15) is 6.04 Å². The number of rotatable bonds is 2. The number of hydrogen-bond donors (Lipinski definition) is 1. The van der Waals surface area contributed by atoms with E-state index in [2.05, 4.69) is 4.90 Å². The second kappa shape index (κ2) is 4.49. The first kappa shape index (κ1) is 10.9. The summed E-state index contributed by atoms with van der Waals surface area (Å²) in [6.45, 7) is 4.02. The van der Waals surface area contributed by atoms with Crippen LogP contribution in [0.4, 0.5) is 0 Å². The number of fused-ring (bicyclic) bond motifs is 1. The van der Waals surface area contributed by atoms with Crippen LogP contribution in [-0.2, 0) is 9.53 Å². The predicted octanol–water partition coefficient (Wildman–Crippen LogP) is 0.960. The summed E-state index contributed by atoms with van der Waals surface area (Å²) in [4.78, 5) is 13.1. The molecule has 0 aromatic rings. The van der Waals surface area contributed by atoms with Gasteiger partial charge in [0, 0.05) is 12.6 Å². The molecule has 1 saturated heterocycles. The topological polar surface area (TPSA) is 49.8 Å². The highest BCUT2D eigenvalue weighted by Crippen LogP contribution is 2.32. The number of ether oxygens (including phenoxy) is 1. The van der Waals surface area contributed by atoms with Crippen molar-refractivity contribution in [2.45, 2.75) is 38.3 Å². The van der Waals surface area contributed by atoms with Crippen molar-refractivity contribution in [1.82, 2.24) is 4.90 Å². The lowest BCUT2D eigenvalue weighted by atomic mass is 10.0. The van der Waals surface area contributed by atoms with E-state index in [0.29, 0.717) is 18.6 Å². The molecule has 1 heterocycles. The van der Waals surface area contributed by atoms with E-state index in [1.54, 1.807) is 6.92 Å². The van der Waals surface area contributed by atoms with Gasteiger partial charge in [-0.25, -0.2) is 0 Å². The molecular formula is C11H19NO3. The highest BCUT2D eigenvalue weighted by molar-refractivity contribution is 5.72. The number of aliphatic carboxylic acids is 1. The maximum atomic E-state index is 11.0. The Kier molecular flexibility index (Phi) is 3.26. The third-order valence-electron chi connectivity index (χ3n) is 3.73. The van der Waals surface area contributed by atoms with E-state index in [9.17, 15) is 4.79 Å². The first-order valence-electron chi connectivity index (χ1n) is 5.76. The van der Waals surface area contributed by atoms with E-state index in [1.807, 2.05) is 0 Å². The number of carboxylic acid groups (broad SMARTS) is 1. The molecular weight excluding hydrogens is 194 g/mol. The van der Waals surface area contributed by atoms with Crippen molar-refractivity contribution in [1.29, 1.82) is 0 Å². The van der Waals surface area contributed by atoms with Crippen LogP contribution in [0, 0.1) is 5.92 Å². The Labute approximate surface area is 90.2 Å². The van der Waals surface area contributed by atoms with E-state index in [1.165, 1.54) is 12.8 Å². The van der Waals surface area contributed by atoms with E-state index in [-0.39, 0.29) is 6.04 Å². The van der Waals surface area contributed by atoms with Gasteiger partial charge in [0.25, 0.3) is 0 Å². The average molecular weight is 213 g/mol. The van der Waals surface area contributed by atoms with Crippen LogP contribution in [-0.4, -0.2) is 47.8 Å². The summed E-state index contributed by atoms with van der Waals surface area (Å²) >= 11 is 0. The molecule has 0 bridgehead atoms. The third-order valence-corrected chi connectivity index (χ3v) is 3.73. The molecule has 86 valence electrons. The van der Waals surface area contributed by atoms with Gasteiger partial charge in [-0.3, -0.25) is 9.69 Å². The molecule has 2 aliphatic rings. The Balaban J connectivity index is 2.10. The van der Waals surface area contributed by atoms with Crippen LogP contribution in [0.1, 0.15) is 26.2 Å². The number of nitrogens with zero attached hydrogens (tertiary/aromatic N) is 1. The average Bonchev–Trinajstić information content (AvgIpc) is 2.57. The molecule has 1 N–H and O–H groups in total. The molecule has 1 aliphatic carbocycles. The lowest BCUT2D eigenvalue weighted by molar-refractivity contribution is -0.143. The van der Waals surface area contributed by atoms with Gasteiger partial charge in [0.05, 0.1) is 13.2 Å². The molecule has 1 aliphatic heterocycles. The molecule has 0 aromatic carbocycles. The molecule has 2 fully saturated rings. The zero-order chi connectivity index (χ0) is 10.8. The van der Waals surface area contributed by atoms with Crippen molar-refractivity contribution in [3.63, 3.8) is 0 Å². The minimum absolute atomic E-state index is 0.378. The number of carboxylic acids is 1. The summed E-state index contributed by atoms with van der Waals surface area (Å²) < 4.78 is 5.53. The summed E-state index contributed by atoms with van der Waals surface area (Å²) in [5.74, 6) is -0.170. The van der Waals surface area contributed by atoms with Crippen molar-refractivity contribution in [2.75, 3.05) is 19.8 Å².